The van der Waals surface area contributed by atoms with Crippen molar-refractivity contribution < 1.29 is 9.53 Å². The molecule has 6 heteroatoms. The molecule has 2 heterocycles. The molecule has 188 valence electrons. The fourth-order valence-electron chi connectivity index (χ4n) is 4.52. The number of carbonyl (C=O) groups is 1. The molecule has 0 N–H and O–H groups in total. The topological polar surface area (TPSA) is 50.6 Å². The summed E-state index contributed by atoms with van der Waals surface area (Å²) in [6.07, 6.45) is 4.35. The Bertz CT molecular complexity index is 1350. The van der Waals surface area contributed by atoms with Gasteiger partial charge in [0.2, 0.25) is 0 Å². The van der Waals surface area contributed by atoms with E-state index in [1.165, 1.54) is 5.56 Å². The molecule has 0 aliphatic carbocycles. The van der Waals surface area contributed by atoms with Gasteiger partial charge in [-0.1, -0.05) is 60.2 Å². The molecule has 4 aromatic rings. The van der Waals surface area contributed by atoms with Gasteiger partial charge in [-0.2, -0.15) is 5.10 Å². The van der Waals surface area contributed by atoms with E-state index >= 15 is 0 Å². The zero-order valence-electron chi connectivity index (χ0n) is 21.4. The highest BCUT2D eigenvalue weighted by Crippen LogP contribution is 2.25. The Kier molecular flexibility index (Phi) is 7.47. The summed E-state index contributed by atoms with van der Waals surface area (Å²) in [4.78, 5) is 18.0. The Balaban J connectivity index is 1.32. The fourth-order valence-corrected chi connectivity index (χ4v) is 4.52. The molecule has 6 nitrogen and oxygen atoms in total. The summed E-state index contributed by atoms with van der Waals surface area (Å²) < 4.78 is 7.07. The Labute approximate surface area is 218 Å². The van der Waals surface area contributed by atoms with E-state index in [9.17, 15) is 4.79 Å². The standard InChI is InChI=1S/C31H32N4O2/c1-24-10-14-27(15-11-24)35-30(23-29(32-35)26-12-16-28(37-2)17-13-26)31(36)34-21-19-33(20-22-34)18-6-9-25-7-4-3-5-8-25/h3-17,23H,18-22H2,1-2H3/b9-6+. The van der Waals surface area contributed by atoms with Crippen molar-refractivity contribution in [1.82, 2.24) is 19.6 Å². The summed E-state index contributed by atoms with van der Waals surface area (Å²) in [5.41, 5.74) is 5.52. The Morgan fingerprint density at radius 2 is 1.62 bits per heavy atom. The predicted molar refractivity (Wildman–Crippen MR) is 148 cm³/mol. The highest BCUT2D eigenvalue weighted by atomic mass is 16.5. The van der Waals surface area contributed by atoms with E-state index in [-0.39, 0.29) is 5.91 Å². The van der Waals surface area contributed by atoms with Gasteiger partial charge >= 0.3 is 0 Å². The number of carbonyl (C=O) groups excluding carboxylic acids is 1. The van der Waals surface area contributed by atoms with Gasteiger partial charge in [0.1, 0.15) is 11.4 Å². The van der Waals surface area contributed by atoms with Crippen LogP contribution in [0.4, 0.5) is 0 Å². The molecule has 0 bridgehead atoms. The van der Waals surface area contributed by atoms with Gasteiger partial charge in [-0.3, -0.25) is 9.69 Å². The molecule has 1 aliphatic rings. The van der Waals surface area contributed by atoms with Crippen molar-refractivity contribution >= 4 is 12.0 Å². The third kappa shape index (κ3) is 5.81. The Morgan fingerprint density at radius 3 is 2.30 bits per heavy atom. The number of nitrogens with zero attached hydrogens (tertiary/aromatic N) is 4. The molecular formula is C31H32N4O2. The summed E-state index contributed by atoms with van der Waals surface area (Å²) in [5, 5.41) is 4.84. The minimum Gasteiger partial charge on any atom is -0.497 e. The van der Waals surface area contributed by atoms with Gasteiger partial charge in [-0.05, 0) is 55.0 Å². The first kappa shape index (κ1) is 24.5. The molecule has 1 amide bonds. The van der Waals surface area contributed by atoms with Gasteiger partial charge < -0.3 is 9.64 Å². The van der Waals surface area contributed by atoms with Crippen LogP contribution in [0.2, 0.25) is 0 Å². The number of aryl methyl sites for hydroxylation is 1. The van der Waals surface area contributed by atoms with Crippen LogP contribution in [0.5, 0.6) is 5.75 Å². The maximum Gasteiger partial charge on any atom is 0.272 e. The van der Waals surface area contributed by atoms with Crippen LogP contribution in [0.3, 0.4) is 0 Å². The molecule has 5 rings (SSSR count). The van der Waals surface area contributed by atoms with Crippen LogP contribution >= 0.6 is 0 Å². The zero-order valence-corrected chi connectivity index (χ0v) is 21.4. The number of benzene rings is 3. The molecule has 3 aromatic carbocycles. The number of ether oxygens (including phenoxy) is 1. The third-order valence-corrected chi connectivity index (χ3v) is 6.73. The first-order valence-electron chi connectivity index (χ1n) is 12.7. The molecule has 1 saturated heterocycles. The first-order valence-corrected chi connectivity index (χ1v) is 12.7. The van der Waals surface area contributed by atoms with Crippen LogP contribution in [0, 0.1) is 6.92 Å². The van der Waals surface area contributed by atoms with Crippen molar-refractivity contribution in [2.24, 2.45) is 0 Å². The molecule has 1 aliphatic heterocycles. The van der Waals surface area contributed by atoms with Crippen LogP contribution in [0.1, 0.15) is 21.6 Å². The number of methoxy groups -OCH3 is 1. The van der Waals surface area contributed by atoms with Gasteiger partial charge in [0, 0.05) is 38.3 Å². The predicted octanol–water partition coefficient (Wildman–Crippen LogP) is 5.33. The number of hydrogen-bond donors (Lipinski definition) is 0. The molecule has 1 aromatic heterocycles. The van der Waals surface area contributed by atoms with Gasteiger partial charge in [-0.25, -0.2) is 4.68 Å². The van der Waals surface area contributed by atoms with E-state index in [0.717, 1.165) is 47.9 Å². The smallest absolute Gasteiger partial charge is 0.272 e. The van der Waals surface area contributed by atoms with Crippen LogP contribution < -0.4 is 4.74 Å². The van der Waals surface area contributed by atoms with Gasteiger partial charge in [0.05, 0.1) is 18.5 Å². The van der Waals surface area contributed by atoms with Gasteiger partial charge in [0.25, 0.3) is 5.91 Å². The minimum atomic E-state index is 0.00677. The summed E-state index contributed by atoms with van der Waals surface area (Å²) in [6, 6.07) is 28.1. The van der Waals surface area contributed by atoms with E-state index in [1.54, 1.807) is 11.8 Å². The van der Waals surface area contributed by atoms with E-state index in [1.807, 2.05) is 77.7 Å². The first-order chi connectivity index (χ1) is 18.1. The number of piperazine rings is 1. The molecule has 37 heavy (non-hydrogen) atoms. The number of rotatable bonds is 7. The second kappa shape index (κ2) is 11.3. The summed E-state index contributed by atoms with van der Waals surface area (Å²) in [5.74, 6) is 0.793. The lowest BCUT2D eigenvalue weighted by Crippen LogP contribution is -2.49. The van der Waals surface area contributed by atoms with E-state index in [2.05, 4.69) is 36.1 Å². The number of aromatic nitrogens is 2. The van der Waals surface area contributed by atoms with E-state index in [0.29, 0.717) is 18.8 Å². The maximum atomic E-state index is 13.7. The third-order valence-electron chi connectivity index (χ3n) is 6.73. The lowest BCUT2D eigenvalue weighted by molar-refractivity contribution is 0.0641. The van der Waals surface area contributed by atoms with Gasteiger partial charge in [-0.15, -0.1) is 0 Å². The van der Waals surface area contributed by atoms with Crippen molar-refractivity contribution in [2.75, 3.05) is 39.8 Å². The maximum absolute atomic E-state index is 13.7. The largest absolute Gasteiger partial charge is 0.497 e. The summed E-state index contributed by atoms with van der Waals surface area (Å²) >= 11 is 0. The van der Waals surface area contributed by atoms with Crippen molar-refractivity contribution in [1.29, 1.82) is 0 Å². The van der Waals surface area contributed by atoms with Crippen molar-refractivity contribution in [3.8, 4) is 22.7 Å². The second-order valence-corrected chi connectivity index (χ2v) is 9.30. The van der Waals surface area contributed by atoms with Crippen LogP contribution in [-0.2, 0) is 0 Å². The van der Waals surface area contributed by atoms with Crippen molar-refractivity contribution in [3.63, 3.8) is 0 Å². The average molecular weight is 493 g/mol. The second-order valence-electron chi connectivity index (χ2n) is 9.30. The highest BCUT2D eigenvalue weighted by molar-refractivity contribution is 5.94. The molecule has 0 atom stereocenters. The van der Waals surface area contributed by atoms with Crippen molar-refractivity contribution in [2.45, 2.75) is 6.92 Å². The molecule has 0 unspecified atom stereocenters. The minimum absolute atomic E-state index is 0.00677. The molecule has 1 fully saturated rings. The van der Waals surface area contributed by atoms with Crippen LogP contribution in [0.25, 0.3) is 23.0 Å². The normalized spacial score (nSPS) is 14.3. The lowest BCUT2D eigenvalue weighted by Gasteiger charge is -2.34. The molecule has 0 spiro atoms. The summed E-state index contributed by atoms with van der Waals surface area (Å²) in [6.45, 7) is 5.99. The molecule has 0 radical (unpaired) electrons. The number of hydrogen-bond acceptors (Lipinski definition) is 4. The Morgan fingerprint density at radius 1 is 0.919 bits per heavy atom. The Hall–Kier alpha value is -4.16. The zero-order chi connectivity index (χ0) is 25.6. The lowest BCUT2D eigenvalue weighted by atomic mass is 10.1. The quantitative estimate of drug-likeness (QED) is 0.350. The van der Waals surface area contributed by atoms with E-state index < -0.39 is 0 Å². The highest BCUT2D eigenvalue weighted by Gasteiger charge is 2.26. The monoisotopic (exact) mass is 492 g/mol. The van der Waals surface area contributed by atoms with E-state index in [4.69, 9.17) is 9.84 Å². The number of amides is 1. The van der Waals surface area contributed by atoms with Crippen LogP contribution in [0.15, 0.2) is 91.0 Å². The van der Waals surface area contributed by atoms with Crippen molar-refractivity contribution in [3.05, 3.63) is 108 Å². The average Bonchev–Trinajstić information content (AvgIpc) is 3.39. The van der Waals surface area contributed by atoms with Crippen LogP contribution in [-0.4, -0.2) is 65.3 Å². The molecule has 0 saturated carbocycles. The fraction of sp³-hybridized carbons (Fsp3) is 0.226. The SMILES string of the molecule is COc1ccc(-c2cc(C(=O)N3CCN(C/C=C/c4ccccc4)CC3)n(-c3ccc(C)cc3)n2)cc1. The summed E-state index contributed by atoms with van der Waals surface area (Å²) in [7, 11) is 1.65. The molecular weight excluding hydrogens is 460 g/mol. The van der Waals surface area contributed by atoms with Gasteiger partial charge in [0.15, 0.2) is 0 Å².